The topological polar surface area (TPSA) is 69.6 Å². The van der Waals surface area contributed by atoms with Crippen LogP contribution in [0.3, 0.4) is 0 Å². The van der Waals surface area contributed by atoms with Crippen molar-refractivity contribution >= 4 is 17.5 Å². The summed E-state index contributed by atoms with van der Waals surface area (Å²) in [5.74, 6) is -0.991. The van der Waals surface area contributed by atoms with Crippen LogP contribution in [-0.2, 0) is 4.79 Å². The third-order valence-corrected chi connectivity index (χ3v) is 2.93. The molecule has 0 fully saturated rings. The zero-order valence-corrected chi connectivity index (χ0v) is 10.8. The molecular weight excluding hydrogens is 261 g/mol. The van der Waals surface area contributed by atoms with E-state index in [1.165, 1.54) is 19.1 Å². The van der Waals surface area contributed by atoms with Crippen molar-refractivity contribution in [1.29, 1.82) is 0 Å². The van der Waals surface area contributed by atoms with Crippen molar-refractivity contribution in [2.24, 2.45) is 0 Å². The molecule has 0 saturated carbocycles. The van der Waals surface area contributed by atoms with E-state index in [-0.39, 0.29) is 18.0 Å². The number of rotatable bonds is 4. The van der Waals surface area contributed by atoms with Gasteiger partial charge in [0.05, 0.1) is 0 Å². The molecular formula is C12H15ClFNO3. The van der Waals surface area contributed by atoms with Crippen LogP contribution in [0.15, 0.2) is 12.1 Å². The summed E-state index contributed by atoms with van der Waals surface area (Å²) in [4.78, 5) is 10.7. The Morgan fingerprint density at radius 1 is 1.50 bits per heavy atom. The lowest BCUT2D eigenvalue weighted by molar-refractivity contribution is -0.119. The first-order chi connectivity index (χ1) is 8.32. The van der Waals surface area contributed by atoms with E-state index in [1.54, 1.807) is 6.92 Å². The minimum Gasteiger partial charge on any atom is -0.388 e. The molecule has 3 N–H and O–H groups in total. The van der Waals surface area contributed by atoms with Crippen molar-refractivity contribution in [1.82, 2.24) is 5.32 Å². The molecule has 0 aliphatic rings. The third kappa shape index (κ3) is 3.66. The first kappa shape index (κ1) is 14.9. The lowest BCUT2D eigenvalue weighted by Gasteiger charge is -2.19. The monoisotopic (exact) mass is 275 g/mol. The molecule has 0 heterocycles. The van der Waals surface area contributed by atoms with Crippen LogP contribution in [0.5, 0.6) is 0 Å². The number of hydrogen-bond donors (Lipinski definition) is 3. The lowest BCUT2D eigenvalue weighted by Crippen LogP contribution is -2.34. The Hall–Kier alpha value is -1.17. The van der Waals surface area contributed by atoms with Gasteiger partial charge in [0, 0.05) is 24.1 Å². The van der Waals surface area contributed by atoms with E-state index < -0.39 is 18.0 Å². The van der Waals surface area contributed by atoms with Gasteiger partial charge in [0.1, 0.15) is 18.0 Å². The number of nitrogens with one attached hydrogen (secondary N) is 1. The first-order valence-electron chi connectivity index (χ1n) is 5.39. The fourth-order valence-electron chi connectivity index (χ4n) is 1.46. The molecule has 0 aliphatic carbocycles. The molecule has 0 aliphatic heterocycles. The summed E-state index contributed by atoms with van der Waals surface area (Å²) >= 11 is 5.83. The van der Waals surface area contributed by atoms with Crippen LogP contribution in [0.1, 0.15) is 24.2 Å². The second-order valence-corrected chi connectivity index (χ2v) is 4.48. The lowest BCUT2D eigenvalue weighted by atomic mass is 10.0. The molecule has 2 atom stereocenters. The number of aliphatic hydroxyl groups is 2. The zero-order valence-electron chi connectivity index (χ0n) is 10.1. The second-order valence-electron chi connectivity index (χ2n) is 4.07. The second kappa shape index (κ2) is 6.13. The molecule has 0 radical (unpaired) electrons. The van der Waals surface area contributed by atoms with Gasteiger partial charge < -0.3 is 15.5 Å². The van der Waals surface area contributed by atoms with E-state index in [9.17, 15) is 19.4 Å². The number of carbonyl (C=O) groups is 1. The van der Waals surface area contributed by atoms with Gasteiger partial charge in [-0.25, -0.2) is 4.39 Å². The number of hydrogen-bond acceptors (Lipinski definition) is 3. The summed E-state index contributed by atoms with van der Waals surface area (Å²) < 4.78 is 13.6. The molecule has 0 saturated heterocycles. The van der Waals surface area contributed by atoms with E-state index in [0.29, 0.717) is 10.6 Å². The van der Waals surface area contributed by atoms with Crippen LogP contribution in [-0.4, -0.2) is 28.8 Å². The largest absolute Gasteiger partial charge is 0.388 e. The summed E-state index contributed by atoms with van der Waals surface area (Å²) in [7, 11) is 0. The standard InChI is InChI=1S/C12H15ClFNO3/c1-6-3-10(14)8(4-9(6)13)12(18)11(17)5-15-7(2)16/h3-4,11-12,17-18H,5H2,1-2H3,(H,15,16). The number of carbonyl (C=O) groups excluding carboxylic acids is 1. The van der Waals surface area contributed by atoms with Gasteiger partial charge in [-0.15, -0.1) is 0 Å². The normalized spacial score (nSPS) is 14.1. The van der Waals surface area contributed by atoms with E-state index in [1.807, 2.05) is 0 Å². The van der Waals surface area contributed by atoms with Crippen LogP contribution in [0.4, 0.5) is 4.39 Å². The van der Waals surface area contributed by atoms with E-state index in [4.69, 9.17) is 11.6 Å². The van der Waals surface area contributed by atoms with Gasteiger partial charge in [0.25, 0.3) is 0 Å². The van der Waals surface area contributed by atoms with Crippen molar-refractivity contribution in [2.45, 2.75) is 26.1 Å². The molecule has 2 unspecified atom stereocenters. The van der Waals surface area contributed by atoms with Crippen molar-refractivity contribution in [3.63, 3.8) is 0 Å². The SMILES string of the molecule is CC(=O)NCC(O)C(O)c1cc(Cl)c(C)cc1F. The Morgan fingerprint density at radius 3 is 2.67 bits per heavy atom. The summed E-state index contributed by atoms with van der Waals surface area (Å²) in [6.07, 6.45) is -2.75. The van der Waals surface area contributed by atoms with Gasteiger partial charge in [-0.3, -0.25) is 4.79 Å². The molecule has 0 bridgehead atoms. The van der Waals surface area contributed by atoms with Crippen molar-refractivity contribution in [3.8, 4) is 0 Å². The average Bonchev–Trinajstić information content (AvgIpc) is 2.29. The summed E-state index contributed by atoms with van der Waals surface area (Å²) in [5.41, 5.74) is 0.449. The molecule has 1 rings (SSSR count). The highest BCUT2D eigenvalue weighted by molar-refractivity contribution is 6.31. The summed E-state index contributed by atoms with van der Waals surface area (Å²) in [6.45, 7) is 2.75. The van der Waals surface area contributed by atoms with E-state index >= 15 is 0 Å². The number of halogens is 2. The van der Waals surface area contributed by atoms with E-state index in [2.05, 4.69) is 5.32 Å². The molecule has 0 aromatic heterocycles. The van der Waals surface area contributed by atoms with Crippen molar-refractivity contribution in [2.75, 3.05) is 6.54 Å². The third-order valence-electron chi connectivity index (χ3n) is 2.52. The van der Waals surface area contributed by atoms with Crippen LogP contribution < -0.4 is 5.32 Å². The van der Waals surface area contributed by atoms with Gasteiger partial charge >= 0.3 is 0 Å². The van der Waals surface area contributed by atoms with Crippen molar-refractivity contribution in [3.05, 3.63) is 34.1 Å². The fraction of sp³-hybridized carbons (Fsp3) is 0.417. The maximum Gasteiger partial charge on any atom is 0.216 e. The molecule has 100 valence electrons. The van der Waals surface area contributed by atoms with Gasteiger partial charge in [-0.05, 0) is 24.6 Å². The quantitative estimate of drug-likeness (QED) is 0.776. The van der Waals surface area contributed by atoms with Crippen LogP contribution in [0.25, 0.3) is 0 Å². The first-order valence-corrected chi connectivity index (χ1v) is 5.76. The Morgan fingerprint density at radius 2 is 2.11 bits per heavy atom. The van der Waals surface area contributed by atoms with Crippen LogP contribution in [0.2, 0.25) is 5.02 Å². The molecule has 6 heteroatoms. The molecule has 1 amide bonds. The summed E-state index contributed by atoms with van der Waals surface area (Å²) in [6, 6.07) is 2.46. The van der Waals surface area contributed by atoms with Crippen LogP contribution in [0, 0.1) is 12.7 Å². The predicted molar refractivity (Wildman–Crippen MR) is 65.8 cm³/mol. The number of aliphatic hydroxyl groups excluding tert-OH is 2. The summed E-state index contributed by atoms with van der Waals surface area (Å²) in [5, 5.41) is 22.1. The molecule has 18 heavy (non-hydrogen) atoms. The van der Waals surface area contributed by atoms with Gasteiger partial charge in [0.15, 0.2) is 0 Å². The average molecular weight is 276 g/mol. The molecule has 4 nitrogen and oxygen atoms in total. The predicted octanol–water partition coefficient (Wildman–Crippen LogP) is 1.32. The minimum absolute atomic E-state index is 0.0940. The Bertz CT molecular complexity index is 453. The number of amides is 1. The molecule has 1 aromatic rings. The smallest absolute Gasteiger partial charge is 0.216 e. The molecule has 1 aromatic carbocycles. The van der Waals surface area contributed by atoms with Gasteiger partial charge in [-0.2, -0.15) is 0 Å². The van der Waals surface area contributed by atoms with Crippen molar-refractivity contribution < 1.29 is 19.4 Å². The molecule has 0 spiro atoms. The maximum atomic E-state index is 13.6. The van der Waals surface area contributed by atoms with Gasteiger partial charge in [0.2, 0.25) is 5.91 Å². The highest BCUT2D eigenvalue weighted by atomic mass is 35.5. The Balaban J connectivity index is 2.86. The number of aryl methyl sites for hydroxylation is 1. The highest BCUT2D eigenvalue weighted by Gasteiger charge is 2.22. The Kier molecular flexibility index (Phi) is 5.07. The minimum atomic E-state index is -1.45. The van der Waals surface area contributed by atoms with Crippen LogP contribution >= 0.6 is 11.6 Å². The van der Waals surface area contributed by atoms with Gasteiger partial charge in [-0.1, -0.05) is 11.6 Å². The zero-order chi connectivity index (χ0) is 13.9. The fourth-order valence-corrected chi connectivity index (χ4v) is 1.63. The maximum absolute atomic E-state index is 13.6. The number of benzene rings is 1. The Labute approximate surface area is 109 Å². The highest BCUT2D eigenvalue weighted by Crippen LogP contribution is 2.26. The van der Waals surface area contributed by atoms with E-state index in [0.717, 1.165) is 0 Å².